The normalized spacial score (nSPS) is 21.4. The summed E-state index contributed by atoms with van der Waals surface area (Å²) in [7, 11) is 3.78. The molecule has 112 valence electrons. The first-order valence-electron chi connectivity index (χ1n) is 7.35. The van der Waals surface area contributed by atoms with Crippen molar-refractivity contribution >= 4 is 5.69 Å². The number of methoxy groups -OCH3 is 1. The van der Waals surface area contributed by atoms with Gasteiger partial charge in [0.15, 0.2) is 0 Å². The number of hydrogen-bond donors (Lipinski definition) is 1. The molecule has 0 bridgehead atoms. The second-order valence-electron chi connectivity index (χ2n) is 5.61. The van der Waals surface area contributed by atoms with Gasteiger partial charge in [-0.05, 0) is 18.1 Å². The van der Waals surface area contributed by atoms with Crippen molar-refractivity contribution in [3.63, 3.8) is 0 Å². The molecule has 4 nitrogen and oxygen atoms in total. The van der Waals surface area contributed by atoms with Crippen molar-refractivity contribution in [3.8, 4) is 0 Å². The Kier molecular flexibility index (Phi) is 5.40. The Morgan fingerprint density at radius 1 is 1.40 bits per heavy atom. The van der Waals surface area contributed by atoms with Crippen molar-refractivity contribution in [1.29, 1.82) is 0 Å². The molecule has 2 rings (SSSR count). The number of aliphatic hydroxyl groups is 1. The van der Waals surface area contributed by atoms with Crippen LogP contribution in [0.4, 0.5) is 5.69 Å². The van der Waals surface area contributed by atoms with Gasteiger partial charge in [0, 0.05) is 45.5 Å². The van der Waals surface area contributed by atoms with Crippen molar-refractivity contribution in [3.05, 3.63) is 29.8 Å². The van der Waals surface area contributed by atoms with Crippen molar-refractivity contribution < 1.29 is 9.84 Å². The summed E-state index contributed by atoms with van der Waals surface area (Å²) < 4.78 is 5.05. The van der Waals surface area contributed by atoms with Crippen LogP contribution in [-0.2, 0) is 11.3 Å². The first kappa shape index (κ1) is 15.3. The van der Waals surface area contributed by atoms with E-state index in [-0.39, 0.29) is 0 Å². The Labute approximate surface area is 122 Å². The van der Waals surface area contributed by atoms with Crippen molar-refractivity contribution in [2.75, 3.05) is 38.8 Å². The van der Waals surface area contributed by atoms with E-state index < -0.39 is 6.10 Å². The number of para-hydroxylation sites is 1. The van der Waals surface area contributed by atoms with Gasteiger partial charge in [-0.2, -0.15) is 0 Å². The van der Waals surface area contributed by atoms with Crippen LogP contribution in [0, 0.1) is 0 Å². The lowest BCUT2D eigenvalue weighted by atomic mass is 10.1. The number of likely N-dealkylation sites (N-methyl/N-ethyl adjacent to an activating group) is 1. The number of aliphatic hydroxyl groups excluding tert-OH is 1. The number of anilines is 1. The highest BCUT2D eigenvalue weighted by Crippen LogP contribution is 2.27. The molecule has 0 spiro atoms. The molecule has 1 aromatic carbocycles. The molecule has 0 aromatic heterocycles. The van der Waals surface area contributed by atoms with Crippen LogP contribution in [0.3, 0.4) is 0 Å². The molecule has 1 N–H and O–H groups in total. The van der Waals surface area contributed by atoms with E-state index in [1.807, 2.05) is 0 Å². The Hall–Kier alpha value is -1.10. The van der Waals surface area contributed by atoms with Crippen molar-refractivity contribution in [1.82, 2.24) is 4.90 Å². The number of ether oxygens (including phenoxy) is 1. The maximum Gasteiger partial charge on any atom is 0.0900 e. The Morgan fingerprint density at radius 3 is 2.85 bits per heavy atom. The van der Waals surface area contributed by atoms with Crippen LogP contribution in [0.25, 0.3) is 0 Å². The fraction of sp³-hybridized carbons (Fsp3) is 0.625. The van der Waals surface area contributed by atoms with Crippen LogP contribution in [0.1, 0.15) is 18.9 Å². The third-order valence-corrected chi connectivity index (χ3v) is 4.05. The van der Waals surface area contributed by atoms with Crippen LogP contribution in [0.15, 0.2) is 24.3 Å². The lowest BCUT2D eigenvalue weighted by molar-refractivity contribution is 0.0250. The average Bonchev–Trinajstić information content (AvgIpc) is 2.57. The summed E-state index contributed by atoms with van der Waals surface area (Å²) in [6.07, 6.45) is 0.655. The van der Waals surface area contributed by atoms with Crippen LogP contribution >= 0.6 is 0 Å². The van der Waals surface area contributed by atoms with Gasteiger partial charge < -0.3 is 14.7 Å². The van der Waals surface area contributed by atoms with Gasteiger partial charge in [0.1, 0.15) is 0 Å². The van der Waals surface area contributed by atoms with E-state index in [1.54, 1.807) is 7.11 Å². The molecule has 1 heterocycles. The largest absolute Gasteiger partial charge is 0.389 e. The molecule has 0 saturated heterocycles. The molecule has 0 saturated carbocycles. The zero-order valence-electron chi connectivity index (χ0n) is 12.7. The quantitative estimate of drug-likeness (QED) is 0.890. The van der Waals surface area contributed by atoms with Crippen molar-refractivity contribution in [2.24, 2.45) is 0 Å². The monoisotopic (exact) mass is 278 g/mol. The molecular weight excluding hydrogens is 252 g/mol. The number of β-amino-alcohol motifs (C(OH)–C–C–N with tert-alkyl or cyclic N) is 1. The minimum absolute atomic E-state index is 0.393. The average molecular weight is 278 g/mol. The highest BCUT2D eigenvalue weighted by molar-refractivity contribution is 5.54. The highest BCUT2D eigenvalue weighted by Gasteiger charge is 2.26. The Morgan fingerprint density at radius 2 is 2.15 bits per heavy atom. The minimum atomic E-state index is -0.426. The van der Waals surface area contributed by atoms with Crippen LogP contribution in [0.2, 0.25) is 0 Å². The topological polar surface area (TPSA) is 35.9 Å². The van der Waals surface area contributed by atoms with Crippen LogP contribution in [-0.4, -0.2) is 56.0 Å². The predicted molar refractivity (Wildman–Crippen MR) is 82.1 cm³/mol. The molecule has 2 atom stereocenters. The summed E-state index contributed by atoms with van der Waals surface area (Å²) in [5.41, 5.74) is 2.63. The highest BCUT2D eigenvalue weighted by atomic mass is 16.5. The second-order valence-corrected chi connectivity index (χ2v) is 5.61. The van der Waals surface area contributed by atoms with Crippen LogP contribution < -0.4 is 4.90 Å². The third-order valence-electron chi connectivity index (χ3n) is 4.05. The molecule has 0 aliphatic carbocycles. The molecule has 0 unspecified atom stereocenters. The van der Waals surface area contributed by atoms with Gasteiger partial charge in [0.05, 0.1) is 12.7 Å². The summed E-state index contributed by atoms with van der Waals surface area (Å²) >= 11 is 0. The molecular formula is C16H26N2O2. The van der Waals surface area contributed by atoms with E-state index in [1.165, 1.54) is 11.3 Å². The van der Waals surface area contributed by atoms with Crippen molar-refractivity contribution in [2.45, 2.75) is 32.0 Å². The zero-order valence-corrected chi connectivity index (χ0v) is 12.7. The first-order valence-corrected chi connectivity index (χ1v) is 7.35. The standard InChI is InChI=1S/C16H26N2O2/c1-4-14-10-17(2)16-8-6-5-7-13(16)9-18(14)11-15(19)12-20-3/h5-8,14-15,19H,4,9-12H2,1-3H3/t14-,15+/m1/s1. The number of benzene rings is 1. The lowest BCUT2D eigenvalue weighted by Crippen LogP contribution is -2.44. The number of fused-ring (bicyclic) bond motifs is 1. The molecule has 4 heteroatoms. The number of rotatable bonds is 5. The fourth-order valence-electron chi connectivity index (χ4n) is 3.01. The maximum absolute atomic E-state index is 10.0. The number of nitrogens with zero attached hydrogens (tertiary/aromatic N) is 2. The predicted octanol–water partition coefficient (Wildman–Crippen LogP) is 1.72. The van der Waals surface area contributed by atoms with Gasteiger partial charge in [0.25, 0.3) is 0 Å². The Balaban J connectivity index is 2.18. The Bertz CT molecular complexity index is 425. The van der Waals surface area contributed by atoms with E-state index in [4.69, 9.17) is 4.74 Å². The molecule has 0 amide bonds. The summed E-state index contributed by atoms with van der Waals surface area (Å²) in [6.45, 7) is 5.15. The minimum Gasteiger partial charge on any atom is -0.389 e. The third kappa shape index (κ3) is 3.51. The lowest BCUT2D eigenvalue weighted by Gasteiger charge is -2.32. The van der Waals surface area contributed by atoms with E-state index in [0.29, 0.717) is 19.2 Å². The number of hydrogen-bond acceptors (Lipinski definition) is 4. The molecule has 0 radical (unpaired) electrons. The van der Waals surface area contributed by atoms with Gasteiger partial charge in [-0.15, -0.1) is 0 Å². The second kappa shape index (κ2) is 7.07. The van der Waals surface area contributed by atoms with E-state index >= 15 is 0 Å². The fourth-order valence-corrected chi connectivity index (χ4v) is 3.01. The molecule has 1 aliphatic heterocycles. The van der Waals surface area contributed by atoms with Gasteiger partial charge in [-0.3, -0.25) is 4.90 Å². The van der Waals surface area contributed by atoms with Gasteiger partial charge >= 0.3 is 0 Å². The molecule has 1 aliphatic rings. The first-order chi connectivity index (χ1) is 9.65. The van der Waals surface area contributed by atoms with E-state index in [9.17, 15) is 5.11 Å². The van der Waals surface area contributed by atoms with Crippen LogP contribution in [0.5, 0.6) is 0 Å². The molecule has 1 aromatic rings. The smallest absolute Gasteiger partial charge is 0.0900 e. The molecule has 0 fully saturated rings. The van der Waals surface area contributed by atoms with Gasteiger partial charge in [0.2, 0.25) is 0 Å². The van der Waals surface area contributed by atoms with E-state index in [0.717, 1.165) is 19.5 Å². The SMILES string of the molecule is CC[C@@H]1CN(C)c2ccccc2CN1C[C@H](O)COC. The van der Waals surface area contributed by atoms with Gasteiger partial charge in [-0.1, -0.05) is 25.1 Å². The summed E-state index contributed by atoms with van der Waals surface area (Å²) in [5, 5.41) is 10.0. The summed E-state index contributed by atoms with van der Waals surface area (Å²) in [5.74, 6) is 0. The maximum atomic E-state index is 10.0. The van der Waals surface area contributed by atoms with Gasteiger partial charge in [-0.25, -0.2) is 0 Å². The summed E-state index contributed by atoms with van der Waals surface area (Å²) in [6, 6.07) is 8.99. The summed E-state index contributed by atoms with van der Waals surface area (Å²) in [4.78, 5) is 4.71. The molecule has 20 heavy (non-hydrogen) atoms. The zero-order chi connectivity index (χ0) is 14.5. The van der Waals surface area contributed by atoms with E-state index in [2.05, 4.69) is 48.0 Å².